The highest BCUT2D eigenvalue weighted by Crippen LogP contribution is 2.36. The maximum absolute atomic E-state index is 13.0. The number of nitrogens with zero attached hydrogens (tertiary/aromatic N) is 2. The van der Waals surface area contributed by atoms with Crippen molar-refractivity contribution in [2.24, 2.45) is 5.92 Å². The Kier molecular flexibility index (Phi) is 5.39. The summed E-state index contributed by atoms with van der Waals surface area (Å²) in [6, 6.07) is 6.10. The molecule has 1 aromatic carbocycles. The summed E-state index contributed by atoms with van der Waals surface area (Å²) in [5.41, 5.74) is -0.176. The van der Waals surface area contributed by atoms with Crippen molar-refractivity contribution in [3.8, 4) is 0 Å². The molecule has 1 aliphatic carbocycles. The number of amides is 3. The maximum Gasteiger partial charge on any atom is 0.325 e. The first kappa shape index (κ1) is 20.3. The zero-order chi connectivity index (χ0) is 20.6. The van der Waals surface area contributed by atoms with E-state index in [4.69, 9.17) is 4.74 Å². The van der Waals surface area contributed by atoms with Crippen molar-refractivity contribution in [3.63, 3.8) is 0 Å². The molecule has 1 saturated carbocycles. The van der Waals surface area contributed by atoms with Crippen LogP contribution in [0.5, 0.6) is 0 Å². The SMILES string of the molecule is CC1CCC2(CC1)NC(=O)N(Cc1cccc(S(=O)(=O)N3CCOCC3)c1)C2=O. The standard InChI is InChI=1S/C20H27N3O5S/c1-15-5-7-20(8-6-15)18(24)23(19(25)21-20)14-16-3-2-4-17(13-16)29(26,27)22-9-11-28-12-10-22/h2-4,13,15H,5-12,14H2,1H3,(H,21,25). The zero-order valence-electron chi connectivity index (χ0n) is 16.6. The number of carbonyl (C=O) groups excluding carboxylic acids is 2. The second-order valence-electron chi connectivity index (χ2n) is 8.25. The van der Waals surface area contributed by atoms with Gasteiger partial charge in [-0.3, -0.25) is 9.69 Å². The van der Waals surface area contributed by atoms with E-state index < -0.39 is 21.6 Å². The van der Waals surface area contributed by atoms with Crippen LogP contribution in [0.25, 0.3) is 0 Å². The lowest BCUT2D eigenvalue weighted by Gasteiger charge is -2.33. The molecule has 1 spiro atoms. The van der Waals surface area contributed by atoms with E-state index in [1.807, 2.05) is 0 Å². The Bertz CT molecular complexity index is 902. The number of carbonyl (C=O) groups is 2. The van der Waals surface area contributed by atoms with E-state index >= 15 is 0 Å². The summed E-state index contributed by atoms with van der Waals surface area (Å²) in [4.78, 5) is 27.0. The molecule has 0 bridgehead atoms. The second kappa shape index (κ2) is 7.70. The van der Waals surface area contributed by atoms with Crippen LogP contribution < -0.4 is 5.32 Å². The van der Waals surface area contributed by atoms with Crippen molar-refractivity contribution in [1.29, 1.82) is 0 Å². The first-order chi connectivity index (χ1) is 13.8. The van der Waals surface area contributed by atoms with E-state index in [1.54, 1.807) is 24.3 Å². The fourth-order valence-corrected chi connectivity index (χ4v) is 5.82. The second-order valence-corrected chi connectivity index (χ2v) is 10.2. The normalized spacial score (nSPS) is 28.7. The van der Waals surface area contributed by atoms with Crippen molar-refractivity contribution >= 4 is 22.0 Å². The van der Waals surface area contributed by atoms with Crippen molar-refractivity contribution in [3.05, 3.63) is 29.8 Å². The number of benzene rings is 1. The van der Waals surface area contributed by atoms with Gasteiger partial charge in [-0.1, -0.05) is 19.1 Å². The molecule has 3 amide bonds. The third-order valence-corrected chi connectivity index (χ3v) is 8.12. The molecule has 9 heteroatoms. The van der Waals surface area contributed by atoms with Crippen molar-refractivity contribution in [2.45, 2.75) is 49.6 Å². The summed E-state index contributed by atoms with van der Waals surface area (Å²) in [7, 11) is -3.63. The van der Waals surface area contributed by atoms with E-state index in [0.717, 1.165) is 12.8 Å². The van der Waals surface area contributed by atoms with Crippen molar-refractivity contribution in [1.82, 2.24) is 14.5 Å². The number of ether oxygens (including phenoxy) is 1. The Balaban J connectivity index is 1.52. The van der Waals surface area contributed by atoms with Gasteiger partial charge in [0.25, 0.3) is 5.91 Å². The summed E-state index contributed by atoms with van der Waals surface area (Å²) in [6.07, 6.45) is 3.13. The number of hydrogen-bond donors (Lipinski definition) is 1. The van der Waals surface area contributed by atoms with Crippen molar-refractivity contribution < 1.29 is 22.7 Å². The minimum absolute atomic E-state index is 0.0639. The molecule has 8 nitrogen and oxygen atoms in total. The number of sulfonamides is 1. The topological polar surface area (TPSA) is 96.0 Å². The smallest absolute Gasteiger partial charge is 0.325 e. The number of imide groups is 1. The molecule has 0 radical (unpaired) electrons. The number of rotatable bonds is 4. The number of urea groups is 1. The summed E-state index contributed by atoms with van der Waals surface area (Å²) in [5.74, 6) is 0.359. The fraction of sp³-hybridized carbons (Fsp3) is 0.600. The molecule has 1 aromatic rings. The van der Waals surface area contributed by atoms with Gasteiger partial charge >= 0.3 is 6.03 Å². The molecule has 2 heterocycles. The summed E-state index contributed by atoms with van der Waals surface area (Å²) < 4.78 is 32.4. The van der Waals surface area contributed by atoms with Crippen LogP contribution in [-0.2, 0) is 26.1 Å². The molecule has 0 aromatic heterocycles. The number of morpholine rings is 1. The van der Waals surface area contributed by atoms with Crippen LogP contribution in [-0.4, -0.2) is 61.4 Å². The quantitative estimate of drug-likeness (QED) is 0.747. The van der Waals surface area contributed by atoms with E-state index in [0.29, 0.717) is 50.6 Å². The van der Waals surface area contributed by atoms with Crippen LogP contribution in [0.1, 0.15) is 38.2 Å². The van der Waals surface area contributed by atoms with Gasteiger partial charge in [0.2, 0.25) is 10.0 Å². The maximum atomic E-state index is 13.0. The molecule has 1 N–H and O–H groups in total. The minimum Gasteiger partial charge on any atom is -0.379 e. The summed E-state index contributed by atoms with van der Waals surface area (Å²) in [6.45, 7) is 3.62. The molecule has 158 valence electrons. The van der Waals surface area contributed by atoms with Gasteiger partial charge in [0.15, 0.2) is 0 Å². The molecular weight excluding hydrogens is 394 g/mol. The first-order valence-electron chi connectivity index (χ1n) is 10.1. The Labute approximate surface area is 171 Å². The van der Waals surface area contributed by atoms with Gasteiger partial charge in [0.05, 0.1) is 24.7 Å². The lowest BCUT2D eigenvalue weighted by molar-refractivity contribution is -0.133. The third kappa shape index (κ3) is 3.78. The van der Waals surface area contributed by atoms with Crippen LogP contribution in [0.3, 0.4) is 0 Å². The van der Waals surface area contributed by atoms with Gasteiger partial charge in [0.1, 0.15) is 5.54 Å². The van der Waals surface area contributed by atoms with E-state index in [9.17, 15) is 18.0 Å². The molecule has 2 saturated heterocycles. The molecular formula is C20H27N3O5S. The number of hydrogen-bond acceptors (Lipinski definition) is 5. The van der Waals surface area contributed by atoms with E-state index in [-0.39, 0.29) is 17.3 Å². The Morgan fingerprint density at radius 3 is 2.55 bits per heavy atom. The predicted molar refractivity (Wildman–Crippen MR) is 105 cm³/mol. The molecule has 0 unspecified atom stereocenters. The molecule has 4 rings (SSSR count). The highest BCUT2D eigenvalue weighted by Gasteiger charge is 2.51. The lowest BCUT2D eigenvalue weighted by Crippen LogP contribution is -2.49. The highest BCUT2D eigenvalue weighted by atomic mass is 32.2. The Morgan fingerprint density at radius 1 is 1.17 bits per heavy atom. The highest BCUT2D eigenvalue weighted by molar-refractivity contribution is 7.89. The van der Waals surface area contributed by atoms with Crippen LogP contribution in [0.2, 0.25) is 0 Å². The van der Waals surface area contributed by atoms with Crippen molar-refractivity contribution in [2.75, 3.05) is 26.3 Å². The summed E-state index contributed by atoms with van der Waals surface area (Å²) in [5, 5.41) is 2.90. The van der Waals surface area contributed by atoms with Gasteiger partial charge in [-0.15, -0.1) is 0 Å². The molecule has 3 fully saturated rings. The molecule has 3 aliphatic rings. The van der Waals surface area contributed by atoms with Gasteiger partial charge in [-0.05, 0) is 49.3 Å². The van der Waals surface area contributed by atoms with Crippen LogP contribution >= 0.6 is 0 Å². The van der Waals surface area contributed by atoms with Gasteiger partial charge < -0.3 is 10.1 Å². The van der Waals surface area contributed by atoms with Gasteiger partial charge in [0, 0.05) is 13.1 Å². The monoisotopic (exact) mass is 421 g/mol. The average Bonchev–Trinajstić information content (AvgIpc) is 2.95. The number of nitrogens with one attached hydrogen (secondary N) is 1. The Hall–Kier alpha value is -1.97. The molecule has 2 aliphatic heterocycles. The molecule has 0 atom stereocenters. The van der Waals surface area contributed by atoms with Crippen LogP contribution in [0.15, 0.2) is 29.2 Å². The van der Waals surface area contributed by atoms with E-state index in [1.165, 1.54) is 9.21 Å². The van der Waals surface area contributed by atoms with Gasteiger partial charge in [-0.25, -0.2) is 13.2 Å². The lowest BCUT2D eigenvalue weighted by atomic mass is 9.77. The predicted octanol–water partition coefficient (Wildman–Crippen LogP) is 1.71. The largest absolute Gasteiger partial charge is 0.379 e. The average molecular weight is 422 g/mol. The van der Waals surface area contributed by atoms with Crippen LogP contribution in [0, 0.1) is 5.92 Å². The Morgan fingerprint density at radius 2 is 1.86 bits per heavy atom. The van der Waals surface area contributed by atoms with Gasteiger partial charge in [-0.2, -0.15) is 4.31 Å². The van der Waals surface area contributed by atoms with Crippen LogP contribution in [0.4, 0.5) is 4.79 Å². The first-order valence-corrected chi connectivity index (χ1v) is 11.6. The zero-order valence-corrected chi connectivity index (χ0v) is 17.4. The summed E-state index contributed by atoms with van der Waals surface area (Å²) >= 11 is 0. The molecule has 29 heavy (non-hydrogen) atoms. The van der Waals surface area contributed by atoms with E-state index in [2.05, 4.69) is 12.2 Å². The minimum atomic E-state index is -3.63. The third-order valence-electron chi connectivity index (χ3n) is 6.22. The fourth-order valence-electron chi connectivity index (χ4n) is 4.34.